The molecule has 1 aromatic heterocycles. The highest BCUT2D eigenvalue weighted by Crippen LogP contribution is 2.16. The lowest BCUT2D eigenvalue weighted by molar-refractivity contribution is 0.186. The van der Waals surface area contributed by atoms with Crippen LogP contribution in [0.2, 0.25) is 0 Å². The molecule has 0 aliphatic rings. The molecule has 0 unspecified atom stereocenters. The minimum absolute atomic E-state index is 0.187. The summed E-state index contributed by atoms with van der Waals surface area (Å²) in [6, 6.07) is 5.04. The van der Waals surface area contributed by atoms with E-state index in [0.717, 1.165) is 0 Å². The third-order valence-electron chi connectivity index (χ3n) is 3.20. The third-order valence-corrected chi connectivity index (χ3v) is 3.20. The smallest absolute Gasteiger partial charge is 0.261 e. The van der Waals surface area contributed by atoms with Crippen LogP contribution in [0.15, 0.2) is 34.2 Å². The maximum Gasteiger partial charge on any atom is 0.261 e. The Labute approximate surface area is 141 Å². The van der Waals surface area contributed by atoms with Crippen molar-refractivity contribution in [2.45, 2.75) is 20.4 Å². The Morgan fingerprint density at radius 2 is 2.12 bits per heavy atom. The Balaban J connectivity index is 0.00000139. The maximum absolute atomic E-state index is 12.7. The number of ether oxygens (including phenoxy) is 1. The largest absolute Gasteiger partial charge is 0.404 e. The molecule has 0 saturated heterocycles. The van der Waals surface area contributed by atoms with E-state index in [4.69, 9.17) is 16.2 Å². The van der Waals surface area contributed by atoms with Gasteiger partial charge < -0.3 is 16.2 Å². The van der Waals surface area contributed by atoms with E-state index >= 15 is 0 Å². The molecular weight excluding hydrogens is 306 g/mol. The Bertz CT molecular complexity index is 793. The van der Waals surface area contributed by atoms with Crippen molar-refractivity contribution in [1.29, 1.82) is 0 Å². The van der Waals surface area contributed by atoms with Crippen molar-refractivity contribution in [2.24, 2.45) is 10.7 Å². The molecule has 0 radical (unpaired) electrons. The van der Waals surface area contributed by atoms with Crippen LogP contribution in [0.5, 0.6) is 0 Å². The van der Waals surface area contributed by atoms with E-state index in [0.29, 0.717) is 41.1 Å². The summed E-state index contributed by atoms with van der Waals surface area (Å²) in [6.07, 6.45) is 2.94. The number of nitrogen functional groups attached to an aromatic ring is 1. The van der Waals surface area contributed by atoms with Crippen LogP contribution < -0.4 is 17.0 Å². The average Bonchev–Trinajstić information content (AvgIpc) is 2.61. The van der Waals surface area contributed by atoms with E-state index in [2.05, 4.69) is 9.98 Å². The SMILES string of the molecule is CC.CN=C/C(=C\N)c1nc2ccc(N)cc2c(=O)n1CCOC. The fourth-order valence-electron chi connectivity index (χ4n) is 2.16. The first-order valence-electron chi connectivity index (χ1n) is 7.75. The van der Waals surface area contributed by atoms with Gasteiger partial charge in [-0.25, -0.2) is 4.98 Å². The number of benzene rings is 1. The summed E-state index contributed by atoms with van der Waals surface area (Å²) in [6.45, 7) is 4.74. The van der Waals surface area contributed by atoms with Gasteiger partial charge in [0.05, 0.1) is 29.6 Å². The number of aromatic nitrogens is 2. The van der Waals surface area contributed by atoms with Gasteiger partial charge >= 0.3 is 0 Å². The lowest BCUT2D eigenvalue weighted by Gasteiger charge is -2.13. The third kappa shape index (κ3) is 4.20. The van der Waals surface area contributed by atoms with Gasteiger partial charge in [-0.15, -0.1) is 0 Å². The van der Waals surface area contributed by atoms with Crippen LogP contribution in [0.1, 0.15) is 19.7 Å². The van der Waals surface area contributed by atoms with Crippen molar-refractivity contribution in [3.05, 3.63) is 40.6 Å². The highest BCUT2D eigenvalue weighted by atomic mass is 16.5. The lowest BCUT2D eigenvalue weighted by Crippen LogP contribution is -2.27. The molecule has 0 amide bonds. The Morgan fingerprint density at radius 3 is 2.71 bits per heavy atom. The molecule has 0 bridgehead atoms. The molecule has 0 spiro atoms. The number of fused-ring (bicyclic) bond motifs is 1. The number of hydrogen-bond acceptors (Lipinski definition) is 6. The second-order valence-corrected chi connectivity index (χ2v) is 4.67. The van der Waals surface area contributed by atoms with Crippen LogP contribution >= 0.6 is 0 Å². The van der Waals surface area contributed by atoms with Gasteiger partial charge in [0.1, 0.15) is 5.82 Å². The molecule has 0 fully saturated rings. The lowest BCUT2D eigenvalue weighted by atomic mass is 10.2. The van der Waals surface area contributed by atoms with Gasteiger partial charge in [-0.1, -0.05) is 13.8 Å². The molecule has 1 aromatic carbocycles. The maximum atomic E-state index is 12.7. The fraction of sp³-hybridized carbons (Fsp3) is 0.353. The number of allylic oxidation sites excluding steroid dienone is 1. The normalized spacial score (nSPS) is 11.6. The average molecular weight is 331 g/mol. The molecule has 0 saturated carbocycles. The molecular formula is C17H25N5O2. The highest BCUT2D eigenvalue weighted by Gasteiger charge is 2.13. The summed E-state index contributed by atoms with van der Waals surface area (Å²) >= 11 is 0. The predicted molar refractivity (Wildman–Crippen MR) is 100 cm³/mol. The Hall–Kier alpha value is -2.67. The fourth-order valence-corrected chi connectivity index (χ4v) is 2.16. The van der Waals surface area contributed by atoms with Crippen molar-refractivity contribution < 1.29 is 4.74 Å². The van der Waals surface area contributed by atoms with Gasteiger partial charge in [0.2, 0.25) is 0 Å². The monoisotopic (exact) mass is 331 g/mol. The number of nitrogens with zero attached hydrogens (tertiary/aromatic N) is 3. The Kier molecular flexibility index (Phi) is 7.64. The minimum Gasteiger partial charge on any atom is -0.404 e. The molecule has 2 rings (SSSR count). The second-order valence-electron chi connectivity index (χ2n) is 4.67. The topological polar surface area (TPSA) is 109 Å². The van der Waals surface area contributed by atoms with Crippen LogP contribution in [-0.4, -0.2) is 36.5 Å². The minimum atomic E-state index is -0.187. The number of methoxy groups -OCH3 is 1. The molecule has 0 aliphatic carbocycles. The molecule has 2 aromatic rings. The predicted octanol–water partition coefficient (Wildman–Crippen LogP) is 1.65. The molecule has 4 N–H and O–H groups in total. The van der Waals surface area contributed by atoms with E-state index in [1.165, 1.54) is 10.8 Å². The van der Waals surface area contributed by atoms with E-state index in [1.807, 2.05) is 13.8 Å². The summed E-state index contributed by atoms with van der Waals surface area (Å²) in [4.78, 5) is 21.2. The molecule has 0 atom stereocenters. The zero-order chi connectivity index (χ0) is 18.1. The number of anilines is 1. The summed E-state index contributed by atoms with van der Waals surface area (Å²) in [5.41, 5.74) is 12.9. The zero-order valence-corrected chi connectivity index (χ0v) is 14.6. The highest BCUT2D eigenvalue weighted by molar-refractivity contribution is 6.08. The van der Waals surface area contributed by atoms with Gasteiger partial charge in [0.15, 0.2) is 0 Å². The summed E-state index contributed by atoms with van der Waals surface area (Å²) in [5.74, 6) is 0.451. The molecule has 0 aliphatic heterocycles. The first kappa shape index (κ1) is 19.4. The first-order valence-corrected chi connectivity index (χ1v) is 7.75. The van der Waals surface area contributed by atoms with E-state index in [-0.39, 0.29) is 5.56 Å². The molecule has 130 valence electrons. The summed E-state index contributed by atoms with van der Waals surface area (Å²) < 4.78 is 6.59. The van der Waals surface area contributed by atoms with Gasteiger partial charge in [0.25, 0.3) is 5.56 Å². The van der Waals surface area contributed by atoms with E-state index in [1.54, 1.807) is 38.6 Å². The van der Waals surface area contributed by atoms with Gasteiger partial charge in [-0.3, -0.25) is 14.4 Å². The number of rotatable bonds is 5. The van der Waals surface area contributed by atoms with Crippen molar-refractivity contribution in [3.63, 3.8) is 0 Å². The Morgan fingerprint density at radius 1 is 1.42 bits per heavy atom. The van der Waals surface area contributed by atoms with Crippen molar-refractivity contribution in [2.75, 3.05) is 26.5 Å². The van der Waals surface area contributed by atoms with Gasteiger partial charge in [0, 0.05) is 32.3 Å². The van der Waals surface area contributed by atoms with Crippen LogP contribution in [-0.2, 0) is 11.3 Å². The van der Waals surface area contributed by atoms with E-state index < -0.39 is 0 Å². The molecule has 7 nitrogen and oxygen atoms in total. The molecule has 1 heterocycles. The van der Waals surface area contributed by atoms with Crippen molar-refractivity contribution >= 4 is 28.4 Å². The van der Waals surface area contributed by atoms with Crippen LogP contribution in [0.3, 0.4) is 0 Å². The van der Waals surface area contributed by atoms with Crippen LogP contribution in [0.4, 0.5) is 5.69 Å². The zero-order valence-electron chi connectivity index (χ0n) is 14.6. The number of nitrogens with two attached hydrogens (primary N) is 2. The van der Waals surface area contributed by atoms with Crippen molar-refractivity contribution in [1.82, 2.24) is 9.55 Å². The number of hydrogen-bond donors (Lipinski definition) is 2. The van der Waals surface area contributed by atoms with E-state index in [9.17, 15) is 4.79 Å². The summed E-state index contributed by atoms with van der Waals surface area (Å²) in [5, 5.41) is 0.463. The molecule has 7 heteroatoms. The van der Waals surface area contributed by atoms with Crippen molar-refractivity contribution in [3.8, 4) is 0 Å². The van der Waals surface area contributed by atoms with Gasteiger partial charge in [-0.05, 0) is 18.2 Å². The number of aliphatic imine (C=N–C) groups is 1. The van der Waals surface area contributed by atoms with Crippen LogP contribution in [0.25, 0.3) is 16.5 Å². The first-order chi connectivity index (χ1) is 11.6. The van der Waals surface area contributed by atoms with Gasteiger partial charge in [-0.2, -0.15) is 0 Å². The second kappa shape index (κ2) is 9.46. The quantitative estimate of drug-likeness (QED) is 0.639. The van der Waals surface area contributed by atoms with Crippen LogP contribution in [0, 0.1) is 0 Å². The summed E-state index contributed by atoms with van der Waals surface area (Å²) in [7, 11) is 3.20. The molecule has 24 heavy (non-hydrogen) atoms. The standard InChI is InChI=1S/C15H19N5O2.C2H6/c1-18-9-10(8-16)14-19-13-4-3-11(17)7-12(13)15(21)20(14)5-6-22-2;1-2/h3-4,7-9H,5-6,16-17H2,1-2H3;1-2H3/b10-8+,18-9?;.